The van der Waals surface area contributed by atoms with Gasteiger partial charge in [-0.15, -0.1) is 0 Å². The maximum Gasteiger partial charge on any atom is 0.397 e. The second kappa shape index (κ2) is 4.19. The summed E-state index contributed by atoms with van der Waals surface area (Å²) < 4.78 is 35.7. The van der Waals surface area contributed by atoms with Crippen molar-refractivity contribution < 1.29 is 18.0 Å². The average Bonchev–Trinajstić information content (AvgIpc) is 2.01. The van der Waals surface area contributed by atoms with Gasteiger partial charge in [0.1, 0.15) is 6.42 Å². The number of hydrogen-bond acceptors (Lipinski definition) is 1. The van der Waals surface area contributed by atoms with Gasteiger partial charge in [-0.05, 0) is 18.8 Å². The third-order valence-electron chi connectivity index (χ3n) is 2.36. The van der Waals surface area contributed by atoms with Crippen LogP contribution in [0.3, 0.4) is 0 Å². The Bertz CT molecular complexity index is 215. The van der Waals surface area contributed by atoms with Crippen molar-refractivity contribution in [2.75, 3.05) is 13.1 Å². The molecule has 14 heavy (non-hydrogen) atoms. The van der Waals surface area contributed by atoms with Crippen molar-refractivity contribution in [2.45, 2.75) is 32.4 Å². The minimum Gasteiger partial charge on any atom is -0.342 e. The van der Waals surface area contributed by atoms with E-state index in [-0.39, 0.29) is 0 Å². The molecule has 1 amide bonds. The van der Waals surface area contributed by atoms with Crippen molar-refractivity contribution in [1.29, 1.82) is 0 Å². The molecule has 1 aliphatic heterocycles. The Labute approximate surface area is 81.1 Å². The van der Waals surface area contributed by atoms with Crippen molar-refractivity contribution >= 4 is 5.91 Å². The Morgan fingerprint density at radius 1 is 1.50 bits per heavy atom. The van der Waals surface area contributed by atoms with E-state index in [4.69, 9.17) is 0 Å². The highest BCUT2D eigenvalue weighted by atomic mass is 19.4. The molecule has 1 rings (SSSR count). The van der Waals surface area contributed by atoms with Crippen LogP contribution >= 0.6 is 0 Å². The molecule has 1 heterocycles. The largest absolute Gasteiger partial charge is 0.397 e. The molecule has 0 spiro atoms. The number of carbonyl (C=O) groups is 1. The summed E-state index contributed by atoms with van der Waals surface area (Å²) in [5, 5.41) is 0. The lowest BCUT2D eigenvalue weighted by molar-refractivity contribution is -0.162. The summed E-state index contributed by atoms with van der Waals surface area (Å²) in [5.74, 6) is -0.468. The normalized spacial score (nSPS) is 23.7. The van der Waals surface area contributed by atoms with Crippen LogP contribution in [0.15, 0.2) is 0 Å². The van der Waals surface area contributed by atoms with Gasteiger partial charge in [0, 0.05) is 13.1 Å². The fourth-order valence-corrected chi connectivity index (χ4v) is 1.70. The third-order valence-corrected chi connectivity index (χ3v) is 2.36. The first-order chi connectivity index (χ1) is 6.38. The van der Waals surface area contributed by atoms with Crippen LogP contribution in [0.25, 0.3) is 0 Å². The minimum atomic E-state index is -4.38. The first kappa shape index (κ1) is 11.3. The van der Waals surface area contributed by atoms with Crippen LogP contribution in [0.4, 0.5) is 13.2 Å². The number of carbonyl (C=O) groups excluding carboxylic acids is 1. The smallest absolute Gasteiger partial charge is 0.342 e. The molecule has 0 aromatic rings. The summed E-state index contributed by atoms with van der Waals surface area (Å²) in [7, 11) is 0. The van der Waals surface area contributed by atoms with E-state index in [0.29, 0.717) is 19.0 Å². The molecule has 1 fully saturated rings. The molecule has 1 saturated heterocycles. The Hall–Kier alpha value is -0.740. The molecule has 5 heteroatoms. The summed E-state index contributed by atoms with van der Waals surface area (Å²) in [6.07, 6.45) is -3.89. The predicted octanol–water partition coefficient (Wildman–Crippen LogP) is 2.20. The highest BCUT2D eigenvalue weighted by Crippen LogP contribution is 2.23. The summed E-state index contributed by atoms with van der Waals surface area (Å²) >= 11 is 0. The predicted molar refractivity (Wildman–Crippen MR) is 45.7 cm³/mol. The Morgan fingerprint density at radius 3 is 2.64 bits per heavy atom. The van der Waals surface area contributed by atoms with E-state index >= 15 is 0 Å². The second-order valence-corrected chi connectivity index (χ2v) is 3.88. The van der Waals surface area contributed by atoms with Gasteiger partial charge in [0.2, 0.25) is 5.91 Å². The summed E-state index contributed by atoms with van der Waals surface area (Å²) in [5.41, 5.74) is 0. The fourth-order valence-electron chi connectivity index (χ4n) is 1.70. The van der Waals surface area contributed by atoms with Crippen molar-refractivity contribution in [2.24, 2.45) is 5.92 Å². The maximum atomic E-state index is 11.9. The van der Waals surface area contributed by atoms with E-state index < -0.39 is 18.5 Å². The molecular formula is C9H14F3NO. The topological polar surface area (TPSA) is 20.3 Å². The third kappa shape index (κ3) is 3.55. The van der Waals surface area contributed by atoms with E-state index in [2.05, 4.69) is 0 Å². The standard InChI is InChI=1S/C9H14F3NO/c1-7-3-2-4-13(6-7)8(14)5-9(10,11)12/h7H,2-6H2,1H3. The van der Waals surface area contributed by atoms with Gasteiger partial charge in [0.15, 0.2) is 0 Å². The van der Waals surface area contributed by atoms with Gasteiger partial charge in [0.05, 0.1) is 0 Å². The molecule has 1 atom stereocenters. The Morgan fingerprint density at radius 2 is 2.14 bits per heavy atom. The molecule has 82 valence electrons. The number of halogens is 3. The quantitative estimate of drug-likeness (QED) is 0.648. The van der Waals surface area contributed by atoms with E-state index in [1.165, 1.54) is 4.90 Å². The van der Waals surface area contributed by atoms with Gasteiger partial charge in [-0.1, -0.05) is 6.92 Å². The molecule has 0 N–H and O–H groups in total. The molecule has 0 bridgehead atoms. The van der Waals surface area contributed by atoms with Crippen LogP contribution in [0.1, 0.15) is 26.2 Å². The summed E-state index contributed by atoms with van der Waals surface area (Å²) in [4.78, 5) is 12.5. The lowest BCUT2D eigenvalue weighted by Crippen LogP contribution is -2.40. The van der Waals surface area contributed by atoms with Crippen molar-refractivity contribution in [1.82, 2.24) is 4.90 Å². The SMILES string of the molecule is CC1CCCN(C(=O)CC(F)(F)F)C1. The van der Waals surface area contributed by atoms with E-state index in [9.17, 15) is 18.0 Å². The van der Waals surface area contributed by atoms with E-state index in [0.717, 1.165) is 12.8 Å². The average molecular weight is 209 g/mol. The van der Waals surface area contributed by atoms with E-state index in [1.807, 2.05) is 6.92 Å². The van der Waals surface area contributed by atoms with Crippen LogP contribution in [0.5, 0.6) is 0 Å². The monoisotopic (exact) mass is 209 g/mol. The minimum absolute atomic E-state index is 0.320. The number of rotatable bonds is 1. The number of hydrogen-bond donors (Lipinski definition) is 0. The Kier molecular flexibility index (Phi) is 3.39. The molecular weight excluding hydrogens is 195 g/mol. The number of likely N-dealkylation sites (tertiary alicyclic amines) is 1. The maximum absolute atomic E-state index is 11.9. The first-order valence-electron chi connectivity index (χ1n) is 4.73. The number of piperidine rings is 1. The second-order valence-electron chi connectivity index (χ2n) is 3.88. The number of alkyl halides is 3. The Balaban J connectivity index is 2.44. The molecule has 0 aromatic heterocycles. The van der Waals surface area contributed by atoms with Gasteiger partial charge in [-0.2, -0.15) is 13.2 Å². The highest BCUT2D eigenvalue weighted by Gasteiger charge is 2.34. The van der Waals surface area contributed by atoms with Gasteiger partial charge in [-0.3, -0.25) is 4.79 Å². The molecule has 0 aromatic carbocycles. The lowest BCUT2D eigenvalue weighted by atomic mass is 10.00. The van der Waals surface area contributed by atoms with Crippen LogP contribution in [-0.2, 0) is 4.79 Å². The zero-order chi connectivity index (χ0) is 10.8. The van der Waals surface area contributed by atoms with Crippen LogP contribution in [0, 0.1) is 5.92 Å². The van der Waals surface area contributed by atoms with E-state index in [1.54, 1.807) is 0 Å². The molecule has 0 radical (unpaired) electrons. The van der Waals surface area contributed by atoms with Crippen LogP contribution in [0.2, 0.25) is 0 Å². The van der Waals surface area contributed by atoms with Crippen molar-refractivity contribution in [3.05, 3.63) is 0 Å². The molecule has 1 unspecified atom stereocenters. The summed E-state index contributed by atoms with van der Waals surface area (Å²) in [6.45, 7) is 2.89. The number of nitrogens with zero attached hydrogens (tertiary/aromatic N) is 1. The highest BCUT2D eigenvalue weighted by molar-refractivity contribution is 5.76. The summed E-state index contributed by atoms with van der Waals surface area (Å²) in [6, 6.07) is 0. The molecule has 0 aliphatic carbocycles. The van der Waals surface area contributed by atoms with Crippen molar-refractivity contribution in [3.63, 3.8) is 0 Å². The van der Waals surface area contributed by atoms with Crippen molar-refractivity contribution in [3.8, 4) is 0 Å². The zero-order valence-corrected chi connectivity index (χ0v) is 8.10. The fraction of sp³-hybridized carbons (Fsp3) is 0.889. The lowest BCUT2D eigenvalue weighted by Gasteiger charge is -2.31. The first-order valence-corrected chi connectivity index (χ1v) is 4.73. The van der Waals surface area contributed by atoms with Gasteiger partial charge in [0.25, 0.3) is 0 Å². The van der Waals surface area contributed by atoms with Crippen LogP contribution < -0.4 is 0 Å². The van der Waals surface area contributed by atoms with Gasteiger partial charge < -0.3 is 4.90 Å². The number of amides is 1. The molecule has 0 saturated carbocycles. The van der Waals surface area contributed by atoms with Crippen LogP contribution in [-0.4, -0.2) is 30.1 Å². The zero-order valence-electron chi connectivity index (χ0n) is 8.10. The van der Waals surface area contributed by atoms with Gasteiger partial charge in [-0.25, -0.2) is 0 Å². The molecule has 2 nitrogen and oxygen atoms in total. The van der Waals surface area contributed by atoms with Gasteiger partial charge >= 0.3 is 6.18 Å². The molecule has 1 aliphatic rings.